The van der Waals surface area contributed by atoms with E-state index in [2.05, 4.69) is 0 Å². The minimum atomic E-state index is -0.0719. The third-order valence-electron chi connectivity index (χ3n) is 3.60. The maximum atomic E-state index is 12.4. The van der Waals surface area contributed by atoms with Crippen LogP contribution in [-0.4, -0.2) is 41.7 Å². The number of carbonyl (C=O) groups is 1. The molecule has 2 atom stereocenters. The fourth-order valence-electron chi connectivity index (χ4n) is 2.50. The summed E-state index contributed by atoms with van der Waals surface area (Å²) in [7, 11) is 1.48. The molecule has 0 radical (unpaired) electrons. The van der Waals surface area contributed by atoms with Crippen molar-refractivity contribution in [3.63, 3.8) is 0 Å². The van der Waals surface area contributed by atoms with Crippen LogP contribution in [0.1, 0.15) is 30.1 Å². The Hall–Kier alpha value is -1.75. The van der Waals surface area contributed by atoms with E-state index in [0.717, 1.165) is 12.8 Å². The van der Waals surface area contributed by atoms with Crippen LogP contribution in [0.25, 0.3) is 0 Å². The fourth-order valence-corrected chi connectivity index (χ4v) is 2.50. The number of phenolic OH excluding ortho intramolecular Hbond substituents is 1. The van der Waals surface area contributed by atoms with Crippen molar-refractivity contribution in [2.75, 3.05) is 13.7 Å². The van der Waals surface area contributed by atoms with Crippen molar-refractivity contribution >= 4 is 5.91 Å². The number of piperidine rings is 1. The number of ether oxygens (including phenoxy) is 1. The van der Waals surface area contributed by atoms with E-state index in [1.165, 1.54) is 13.2 Å². The van der Waals surface area contributed by atoms with Crippen molar-refractivity contribution in [3.05, 3.63) is 23.8 Å². The summed E-state index contributed by atoms with van der Waals surface area (Å²) >= 11 is 0. The van der Waals surface area contributed by atoms with Crippen molar-refractivity contribution in [3.8, 4) is 11.5 Å². The van der Waals surface area contributed by atoms with Gasteiger partial charge >= 0.3 is 0 Å². The summed E-state index contributed by atoms with van der Waals surface area (Å²) in [4.78, 5) is 14.2. The van der Waals surface area contributed by atoms with E-state index in [1.807, 2.05) is 11.8 Å². The predicted octanol–water partition coefficient (Wildman–Crippen LogP) is 1.35. The monoisotopic (exact) mass is 264 g/mol. The number of aromatic hydroxyl groups is 1. The Morgan fingerprint density at radius 2 is 2.26 bits per heavy atom. The Morgan fingerprint density at radius 3 is 2.84 bits per heavy atom. The normalized spacial score (nSPS) is 23.2. The standard InChI is InChI=1S/C14H20N2O3/c1-9-7-11(15)5-6-16(9)14(18)10-3-4-13(19-2)12(17)8-10/h3-4,8-9,11,17H,5-7,15H2,1-2H3. The van der Waals surface area contributed by atoms with E-state index in [-0.39, 0.29) is 23.7 Å². The molecule has 104 valence electrons. The van der Waals surface area contributed by atoms with Crippen LogP contribution in [0.2, 0.25) is 0 Å². The molecule has 0 bridgehead atoms. The lowest BCUT2D eigenvalue weighted by Gasteiger charge is -2.36. The smallest absolute Gasteiger partial charge is 0.254 e. The van der Waals surface area contributed by atoms with E-state index in [1.54, 1.807) is 12.1 Å². The van der Waals surface area contributed by atoms with E-state index < -0.39 is 0 Å². The second-order valence-corrected chi connectivity index (χ2v) is 5.02. The Kier molecular flexibility index (Phi) is 3.95. The summed E-state index contributed by atoms with van der Waals surface area (Å²) in [6, 6.07) is 5.01. The second kappa shape index (κ2) is 5.48. The zero-order chi connectivity index (χ0) is 14.0. The molecule has 1 aromatic rings. The van der Waals surface area contributed by atoms with Crippen LogP contribution >= 0.6 is 0 Å². The van der Waals surface area contributed by atoms with E-state index in [0.29, 0.717) is 17.9 Å². The van der Waals surface area contributed by atoms with Crippen LogP contribution < -0.4 is 10.5 Å². The first-order chi connectivity index (χ1) is 9.02. The van der Waals surface area contributed by atoms with Gasteiger partial charge in [-0.2, -0.15) is 0 Å². The third kappa shape index (κ3) is 2.81. The minimum Gasteiger partial charge on any atom is -0.504 e. The molecule has 1 heterocycles. The van der Waals surface area contributed by atoms with Crippen molar-refractivity contribution in [2.45, 2.75) is 31.8 Å². The van der Waals surface area contributed by atoms with E-state index in [9.17, 15) is 9.90 Å². The first-order valence-corrected chi connectivity index (χ1v) is 6.46. The Balaban J connectivity index is 2.17. The molecule has 0 spiro atoms. The largest absolute Gasteiger partial charge is 0.504 e. The molecule has 19 heavy (non-hydrogen) atoms. The summed E-state index contributed by atoms with van der Waals surface area (Å²) < 4.78 is 4.97. The molecule has 0 aromatic heterocycles. The molecule has 0 aliphatic carbocycles. The summed E-state index contributed by atoms with van der Waals surface area (Å²) in [5, 5.41) is 9.73. The summed E-state index contributed by atoms with van der Waals surface area (Å²) in [6.07, 6.45) is 1.63. The van der Waals surface area contributed by atoms with E-state index in [4.69, 9.17) is 10.5 Å². The first-order valence-electron chi connectivity index (χ1n) is 6.46. The molecule has 1 amide bonds. The van der Waals surface area contributed by atoms with Crippen molar-refractivity contribution < 1.29 is 14.6 Å². The molecular formula is C14H20N2O3. The number of rotatable bonds is 2. The highest BCUT2D eigenvalue weighted by atomic mass is 16.5. The van der Waals surface area contributed by atoms with Crippen LogP contribution in [0.3, 0.4) is 0 Å². The lowest BCUT2D eigenvalue weighted by Crippen LogP contribution is -2.48. The number of phenols is 1. The van der Waals surface area contributed by atoms with Gasteiger partial charge in [0.15, 0.2) is 11.5 Å². The zero-order valence-corrected chi connectivity index (χ0v) is 11.3. The zero-order valence-electron chi connectivity index (χ0n) is 11.3. The van der Waals surface area contributed by atoms with Crippen LogP contribution in [0.15, 0.2) is 18.2 Å². The number of methoxy groups -OCH3 is 1. The van der Waals surface area contributed by atoms with Gasteiger partial charge in [-0.15, -0.1) is 0 Å². The molecule has 2 unspecified atom stereocenters. The molecule has 1 aliphatic rings. The molecular weight excluding hydrogens is 244 g/mol. The number of amides is 1. The van der Waals surface area contributed by atoms with Crippen molar-refractivity contribution in [1.29, 1.82) is 0 Å². The lowest BCUT2D eigenvalue weighted by molar-refractivity contribution is 0.0618. The van der Waals surface area contributed by atoms with Crippen molar-refractivity contribution in [2.24, 2.45) is 5.73 Å². The minimum absolute atomic E-state index is 0.0188. The SMILES string of the molecule is COc1ccc(C(=O)N2CCC(N)CC2C)cc1O. The molecule has 3 N–H and O–H groups in total. The van der Waals surface area contributed by atoms with Gasteiger partial charge in [-0.3, -0.25) is 4.79 Å². The molecule has 5 nitrogen and oxygen atoms in total. The molecule has 2 rings (SSSR count). The fraction of sp³-hybridized carbons (Fsp3) is 0.500. The molecule has 0 saturated carbocycles. The summed E-state index contributed by atoms with van der Waals surface area (Å²) in [5.41, 5.74) is 6.37. The van der Waals surface area contributed by atoms with Crippen LogP contribution in [0, 0.1) is 0 Å². The first kappa shape index (κ1) is 13.7. The van der Waals surface area contributed by atoms with Crippen LogP contribution in [-0.2, 0) is 0 Å². The maximum absolute atomic E-state index is 12.4. The number of nitrogens with zero attached hydrogens (tertiary/aromatic N) is 1. The number of nitrogens with two attached hydrogens (primary N) is 1. The van der Waals surface area contributed by atoms with Gasteiger partial charge in [-0.1, -0.05) is 0 Å². The van der Waals surface area contributed by atoms with Gasteiger partial charge in [0.1, 0.15) is 0 Å². The molecule has 1 aliphatic heterocycles. The topological polar surface area (TPSA) is 75.8 Å². The highest BCUT2D eigenvalue weighted by Crippen LogP contribution is 2.28. The Labute approximate surface area is 113 Å². The number of benzene rings is 1. The second-order valence-electron chi connectivity index (χ2n) is 5.02. The summed E-state index contributed by atoms with van der Waals surface area (Å²) in [6.45, 7) is 2.66. The number of hydrogen-bond acceptors (Lipinski definition) is 4. The average molecular weight is 264 g/mol. The predicted molar refractivity (Wildman–Crippen MR) is 72.4 cm³/mol. The molecule has 5 heteroatoms. The Morgan fingerprint density at radius 1 is 1.53 bits per heavy atom. The van der Waals surface area contributed by atoms with Gasteiger partial charge in [0.05, 0.1) is 7.11 Å². The van der Waals surface area contributed by atoms with Gasteiger partial charge in [0.2, 0.25) is 0 Å². The average Bonchev–Trinajstić information content (AvgIpc) is 2.38. The Bertz CT molecular complexity index is 476. The third-order valence-corrected chi connectivity index (χ3v) is 3.60. The quantitative estimate of drug-likeness (QED) is 0.845. The number of carbonyl (C=O) groups excluding carboxylic acids is 1. The van der Waals surface area contributed by atoms with E-state index >= 15 is 0 Å². The molecule has 1 saturated heterocycles. The maximum Gasteiger partial charge on any atom is 0.254 e. The van der Waals surface area contributed by atoms with Crippen molar-refractivity contribution in [1.82, 2.24) is 4.90 Å². The molecule has 1 fully saturated rings. The van der Waals surface area contributed by atoms with Gasteiger partial charge in [0, 0.05) is 24.2 Å². The van der Waals surface area contributed by atoms with Gasteiger partial charge < -0.3 is 20.5 Å². The highest BCUT2D eigenvalue weighted by molar-refractivity contribution is 5.95. The van der Waals surface area contributed by atoms with Crippen LogP contribution in [0.4, 0.5) is 0 Å². The lowest BCUT2D eigenvalue weighted by atomic mass is 9.98. The molecule has 1 aromatic carbocycles. The van der Waals surface area contributed by atoms with Gasteiger partial charge in [0.25, 0.3) is 5.91 Å². The number of hydrogen-bond donors (Lipinski definition) is 2. The van der Waals surface area contributed by atoms with Gasteiger partial charge in [-0.05, 0) is 38.0 Å². The van der Waals surface area contributed by atoms with Gasteiger partial charge in [-0.25, -0.2) is 0 Å². The van der Waals surface area contributed by atoms with Crippen LogP contribution in [0.5, 0.6) is 11.5 Å². The highest BCUT2D eigenvalue weighted by Gasteiger charge is 2.28. The number of likely N-dealkylation sites (tertiary alicyclic amines) is 1. The summed E-state index contributed by atoms with van der Waals surface area (Å²) in [5.74, 6) is 0.275.